The lowest BCUT2D eigenvalue weighted by atomic mass is 10.0. The molecule has 1 aliphatic rings. The number of ether oxygens (including phenoxy) is 1. The molecule has 0 radical (unpaired) electrons. The first-order valence-electron chi connectivity index (χ1n) is 5.18. The van der Waals surface area contributed by atoms with Gasteiger partial charge in [-0.3, -0.25) is 15.1 Å². The Labute approximate surface area is 89.9 Å². The second kappa shape index (κ2) is 6.02. The van der Waals surface area contributed by atoms with Gasteiger partial charge in [0.05, 0.1) is 6.61 Å². The quantitative estimate of drug-likeness (QED) is 0.299. The third-order valence-electron chi connectivity index (χ3n) is 2.78. The van der Waals surface area contributed by atoms with Gasteiger partial charge in [0.15, 0.2) is 0 Å². The predicted molar refractivity (Wildman–Crippen MR) is 56.8 cm³/mol. The summed E-state index contributed by atoms with van der Waals surface area (Å²) in [5.74, 6) is 4.93. The molecule has 1 unspecified atom stereocenters. The van der Waals surface area contributed by atoms with Crippen LogP contribution in [0.5, 0.6) is 0 Å². The highest BCUT2D eigenvalue weighted by molar-refractivity contribution is 5.81. The number of nitrogens with zero attached hydrogens (tertiary/aromatic N) is 1. The van der Waals surface area contributed by atoms with E-state index in [1.807, 2.05) is 0 Å². The Morgan fingerprint density at radius 1 is 1.60 bits per heavy atom. The Hall–Kier alpha value is -0.690. The van der Waals surface area contributed by atoms with Gasteiger partial charge in [-0.25, -0.2) is 5.84 Å². The van der Waals surface area contributed by atoms with E-state index >= 15 is 0 Å². The Morgan fingerprint density at radius 2 is 2.20 bits per heavy atom. The van der Waals surface area contributed by atoms with Crippen molar-refractivity contribution in [2.75, 3.05) is 26.8 Å². The maximum Gasteiger partial charge on any atom is 0.253 e. The summed E-state index contributed by atoms with van der Waals surface area (Å²) in [7, 11) is 1.58. The highest BCUT2D eigenvalue weighted by atomic mass is 16.5. The van der Waals surface area contributed by atoms with Crippen molar-refractivity contribution in [2.45, 2.75) is 24.9 Å². The molecule has 0 aromatic rings. The zero-order valence-electron chi connectivity index (χ0n) is 9.11. The molecule has 5 N–H and O–H groups in total. The molecule has 0 saturated carbocycles. The molecule has 0 spiro atoms. The van der Waals surface area contributed by atoms with Crippen LogP contribution in [0.25, 0.3) is 0 Å². The smallest absolute Gasteiger partial charge is 0.253 e. The molecular weight excluding hydrogens is 196 g/mol. The van der Waals surface area contributed by atoms with Crippen molar-refractivity contribution in [1.29, 1.82) is 0 Å². The van der Waals surface area contributed by atoms with Crippen molar-refractivity contribution in [3.8, 4) is 0 Å². The van der Waals surface area contributed by atoms with E-state index in [1.165, 1.54) is 0 Å². The molecular formula is C9H20N4O2. The van der Waals surface area contributed by atoms with Crippen LogP contribution in [-0.2, 0) is 9.53 Å². The number of rotatable bonds is 4. The first kappa shape index (κ1) is 12.4. The molecule has 0 bridgehead atoms. The zero-order valence-corrected chi connectivity index (χ0v) is 9.11. The Morgan fingerprint density at radius 3 is 2.67 bits per heavy atom. The normalized spacial score (nSPS) is 21.3. The standard InChI is InChI=1S/C9H20N4O2/c1-15-6-8(9(14)12-11)13-4-2-7(10)3-5-13/h7-8H,2-6,10-11H2,1H3,(H,12,14). The summed E-state index contributed by atoms with van der Waals surface area (Å²) in [6, 6.07) is -0.0436. The van der Waals surface area contributed by atoms with Gasteiger partial charge >= 0.3 is 0 Å². The summed E-state index contributed by atoms with van der Waals surface area (Å²) in [5.41, 5.74) is 7.96. The molecule has 1 amide bonds. The second-order valence-electron chi connectivity index (χ2n) is 3.85. The molecule has 6 heteroatoms. The molecule has 1 atom stereocenters. The van der Waals surface area contributed by atoms with E-state index in [0.29, 0.717) is 6.61 Å². The van der Waals surface area contributed by atoms with E-state index in [-0.39, 0.29) is 18.0 Å². The minimum Gasteiger partial charge on any atom is -0.383 e. The highest BCUT2D eigenvalue weighted by Crippen LogP contribution is 2.12. The number of hydrazine groups is 1. The minimum atomic E-state index is -0.299. The summed E-state index contributed by atoms with van der Waals surface area (Å²) in [5, 5.41) is 0. The lowest BCUT2D eigenvalue weighted by molar-refractivity contribution is -0.129. The number of nitrogens with one attached hydrogen (secondary N) is 1. The zero-order chi connectivity index (χ0) is 11.3. The first-order valence-corrected chi connectivity index (χ1v) is 5.18. The van der Waals surface area contributed by atoms with E-state index in [9.17, 15) is 4.79 Å². The number of likely N-dealkylation sites (tertiary alicyclic amines) is 1. The van der Waals surface area contributed by atoms with Gasteiger partial charge in [0.25, 0.3) is 5.91 Å². The third kappa shape index (κ3) is 3.42. The average Bonchev–Trinajstić information content (AvgIpc) is 2.26. The van der Waals surface area contributed by atoms with E-state index in [0.717, 1.165) is 25.9 Å². The molecule has 1 rings (SSSR count). The summed E-state index contributed by atoms with van der Waals surface area (Å²) in [6.45, 7) is 2.00. The van der Waals surface area contributed by atoms with Crippen LogP contribution in [-0.4, -0.2) is 49.7 Å². The number of amides is 1. The van der Waals surface area contributed by atoms with E-state index in [2.05, 4.69) is 10.3 Å². The fourth-order valence-corrected chi connectivity index (χ4v) is 1.83. The van der Waals surface area contributed by atoms with Crippen LogP contribution >= 0.6 is 0 Å². The maximum atomic E-state index is 11.5. The van der Waals surface area contributed by atoms with Crippen LogP contribution in [0.2, 0.25) is 0 Å². The number of nitrogens with two attached hydrogens (primary N) is 2. The van der Waals surface area contributed by atoms with Gasteiger partial charge in [-0.2, -0.15) is 0 Å². The topological polar surface area (TPSA) is 93.6 Å². The Kier molecular flexibility index (Phi) is 4.97. The molecule has 1 fully saturated rings. The Balaban J connectivity index is 2.51. The van der Waals surface area contributed by atoms with Crippen LogP contribution in [0.3, 0.4) is 0 Å². The molecule has 6 nitrogen and oxygen atoms in total. The molecule has 0 aromatic carbocycles. The van der Waals surface area contributed by atoms with Gasteiger partial charge in [-0.05, 0) is 12.8 Å². The Bertz CT molecular complexity index is 204. The number of carbonyl (C=O) groups is 1. The van der Waals surface area contributed by atoms with Crippen molar-refractivity contribution in [3.63, 3.8) is 0 Å². The summed E-state index contributed by atoms with van der Waals surface area (Å²) in [6.07, 6.45) is 1.83. The van der Waals surface area contributed by atoms with E-state index in [1.54, 1.807) is 7.11 Å². The van der Waals surface area contributed by atoms with Crippen LogP contribution in [0, 0.1) is 0 Å². The first-order chi connectivity index (χ1) is 7.19. The SMILES string of the molecule is COCC(C(=O)NN)N1CCC(N)CC1. The van der Waals surface area contributed by atoms with Gasteiger partial charge in [0.1, 0.15) is 6.04 Å². The molecule has 0 aliphatic carbocycles. The monoisotopic (exact) mass is 216 g/mol. The lowest BCUT2D eigenvalue weighted by Gasteiger charge is -2.34. The third-order valence-corrected chi connectivity index (χ3v) is 2.78. The van der Waals surface area contributed by atoms with Crippen molar-refractivity contribution >= 4 is 5.91 Å². The molecule has 1 aliphatic heterocycles. The van der Waals surface area contributed by atoms with Gasteiger partial charge in [0, 0.05) is 26.2 Å². The fourth-order valence-electron chi connectivity index (χ4n) is 1.83. The maximum absolute atomic E-state index is 11.5. The van der Waals surface area contributed by atoms with Crippen LogP contribution in [0.1, 0.15) is 12.8 Å². The van der Waals surface area contributed by atoms with Crippen molar-refractivity contribution in [3.05, 3.63) is 0 Å². The number of hydrogen-bond acceptors (Lipinski definition) is 5. The average molecular weight is 216 g/mol. The number of carbonyl (C=O) groups excluding carboxylic acids is 1. The summed E-state index contributed by atoms with van der Waals surface area (Å²) >= 11 is 0. The number of hydrogen-bond donors (Lipinski definition) is 3. The number of piperidine rings is 1. The van der Waals surface area contributed by atoms with Crippen LogP contribution in [0.15, 0.2) is 0 Å². The van der Waals surface area contributed by atoms with Crippen molar-refractivity contribution < 1.29 is 9.53 Å². The van der Waals surface area contributed by atoms with E-state index < -0.39 is 0 Å². The summed E-state index contributed by atoms with van der Waals surface area (Å²) in [4.78, 5) is 13.6. The molecule has 0 aromatic heterocycles. The largest absolute Gasteiger partial charge is 0.383 e. The molecule has 1 saturated heterocycles. The van der Waals surface area contributed by atoms with Gasteiger partial charge < -0.3 is 10.5 Å². The predicted octanol–water partition coefficient (Wildman–Crippen LogP) is -1.59. The minimum absolute atomic E-state index is 0.202. The summed E-state index contributed by atoms with van der Waals surface area (Å²) < 4.78 is 5.02. The van der Waals surface area contributed by atoms with Crippen LogP contribution < -0.4 is 17.0 Å². The fraction of sp³-hybridized carbons (Fsp3) is 0.889. The van der Waals surface area contributed by atoms with E-state index in [4.69, 9.17) is 16.3 Å². The number of methoxy groups -OCH3 is 1. The molecule has 88 valence electrons. The highest BCUT2D eigenvalue weighted by Gasteiger charge is 2.28. The second-order valence-corrected chi connectivity index (χ2v) is 3.85. The lowest BCUT2D eigenvalue weighted by Crippen LogP contribution is -2.54. The van der Waals surface area contributed by atoms with Gasteiger partial charge in [-0.15, -0.1) is 0 Å². The van der Waals surface area contributed by atoms with Crippen LogP contribution in [0.4, 0.5) is 0 Å². The molecule has 15 heavy (non-hydrogen) atoms. The van der Waals surface area contributed by atoms with Gasteiger partial charge in [-0.1, -0.05) is 0 Å². The van der Waals surface area contributed by atoms with Crippen molar-refractivity contribution in [2.24, 2.45) is 11.6 Å². The van der Waals surface area contributed by atoms with Crippen molar-refractivity contribution in [1.82, 2.24) is 10.3 Å². The molecule has 1 heterocycles. The van der Waals surface area contributed by atoms with Gasteiger partial charge in [0.2, 0.25) is 0 Å².